The van der Waals surface area contributed by atoms with Crippen LogP contribution >= 0.6 is 0 Å². The van der Waals surface area contributed by atoms with Crippen molar-refractivity contribution in [2.45, 2.75) is 26.3 Å². The Morgan fingerprint density at radius 1 is 1.32 bits per heavy atom. The molecule has 0 saturated carbocycles. The highest BCUT2D eigenvalue weighted by molar-refractivity contribution is 5.71. The predicted octanol–water partition coefficient (Wildman–Crippen LogP) is 2.58. The zero-order chi connectivity index (χ0) is 13.8. The van der Waals surface area contributed by atoms with Crippen molar-refractivity contribution in [3.8, 4) is 0 Å². The van der Waals surface area contributed by atoms with Gasteiger partial charge in [-0.3, -0.25) is 0 Å². The van der Waals surface area contributed by atoms with E-state index in [1.807, 2.05) is 0 Å². The second-order valence-corrected chi connectivity index (χ2v) is 6.05. The minimum absolute atomic E-state index is 0.586. The molecule has 0 bridgehead atoms. The molecule has 1 heterocycles. The molecule has 1 fully saturated rings. The normalized spacial score (nSPS) is 19.2. The molecule has 1 unspecified atom stereocenters. The Labute approximate surface area is 117 Å². The quantitative estimate of drug-likeness (QED) is 0.879. The summed E-state index contributed by atoms with van der Waals surface area (Å²) in [6.45, 7) is 7.92. The van der Waals surface area contributed by atoms with Crippen LogP contribution in [0.2, 0.25) is 0 Å². The van der Waals surface area contributed by atoms with Crippen molar-refractivity contribution < 1.29 is 0 Å². The van der Waals surface area contributed by atoms with Crippen LogP contribution in [0, 0.1) is 5.92 Å². The summed E-state index contributed by atoms with van der Waals surface area (Å²) < 4.78 is 0. The van der Waals surface area contributed by atoms with Crippen LogP contribution in [-0.4, -0.2) is 39.8 Å². The second kappa shape index (κ2) is 6.29. The van der Waals surface area contributed by atoms with Crippen LogP contribution in [0.4, 0.5) is 11.4 Å². The van der Waals surface area contributed by atoms with Crippen molar-refractivity contribution in [1.29, 1.82) is 0 Å². The minimum Gasteiger partial charge on any atom is -0.376 e. The molecule has 1 atom stereocenters. The van der Waals surface area contributed by atoms with Crippen molar-refractivity contribution in [1.82, 2.24) is 5.32 Å². The van der Waals surface area contributed by atoms with Gasteiger partial charge in [-0.05, 0) is 31.0 Å². The van der Waals surface area contributed by atoms with Crippen molar-refractivity contribution >= 4 is 11.4 Å². The van der Waals surface area contributed by atoms with Crippen LogP contribution in [0.3, 0.4) is 0 Å². The molecule has 106 valence electrons. The molecule has 1 saturated heterocycles. The Balaban J connectivity index is 2.01. The maximum absolute atomic E-state index is 3.56. The van der Waals surface area contributed by atoms with E-state index >= 15 is 0 Å². The van der Waals surface area contributed by atoms with Gasteiger partial charge in [0.1, 0.15) is 0 Å². The van der Waals surface area contributed by atoms with Gasteiger partial charge in [0, 0.05) is 33.2 Å². The fourth-order valence-electron chi connectivity index (χ4n) is 2.73. The van der Waals surface area contributed by atoms with Gasteiger partial charge in [0.15, 0.2) is 0 Å². The first-order chi connectivity index (χ1) is 9.08. The molecule has 0 aromatic heterocycles. The maximum atomic E-state index is 3.56. The Hall–Kier alpha value is -1.22. The highest BCUT2D eigenvalue weighted by atomic mass is 15.2. The number of nitrogens with one attached hydrogen (secondary N) is 1. The first-order valence-corrected chi connectivity index (χ1v) is 7.32. The van der Waals surface area contributed by atoms with E-state index < -0.39 is 0 Å². The van der Waals surface area contributed by atoms with Gasteiger partial charge in [0.2, 0.25) is 0 Å². The summed E-state index contributed by atoms with van der Waals surface area (Å²) >= 11 is 0. The number of hydrogen-bond donors (Lipinski definition) is 1. The van der Waals surface area contributed by atoms with Gasteiger partial charge in [0.25, 0.3) is 0 Å². The summed E-state index contributed by atoms with van der Waals surface area (Å²) in [7, 11) is 4.24. The van der Waals surface area contributed by atoms with Gasteiger partial charge in [-0.25, -0.2) is 0 Å². The Morgan fingerprint density at radius 2 is 2.05 bits per heavy atom. The van der Waals surface area contributed by atoms with Gasteiger partial charge >= 0.3 is 0 Å². The zero-order valence-electron chi connectivity index (χ0n) is 12.7. The molecular formula is C16H27N3. The van der Waals surface area contributed by atoms with Crippen LogP contribution in [0.15, 0.2) is 24.3 Å². The summed E-state index contributed by atoms with van der Waals surface area (Å²) in [6.07, 6.45) is 1.29. The predicted molar refractivity (Wildman–Crippen MR) is 84.2 cm³/mol. The first kappa shape index (κ1) is 14.2. The van der Waals surface area contributed by atoms with E-state index in [0.29, 0.717) is 6.04 Å². The third-order valence-corrected chi connectivity index (χ3v) is 3.80. The van der Waals surface area contributed by atoms with Gasteiger partial charge < -0.3 is 15.1 Å². The molecule has 19 heavy (non-hydrogen) atoms. The van der Waals surface area contributed by atoms with Gasteiger partial charge in [-0.15, -0.1) is 0 Å². The molecule has 2 rings (SSSR count). The summed E-state index contributed by atoms with van der Waals surface area (Å²) in [6, 6.07) is 9.29. The van der Waals surface area contributed by atoms with E-state index in [9.17, 15) is 0 Å². The minimum atomic E-state index is 0.586. The third-order valence-electron chi connectivity index (χ3n) is 3.80. The molecule has 0 aliphatic carbocycles. The third kappa shape index (κ3) is 3.63. The molecule has 1 aromatic carbocycles. The highest BCUT2D eigenvalue weighted by Crippen LogP contribution is 2.31. The number of rotatable bonds is 5. The Kier molecular flexibility index (Phi) is 4.70. The van der Waals surface area contributed by atoms with Crippen molar-refractivity contribution in [2.24, 2.45) is 5.92 Å². The molecule has 1 aliphatic heterocycles. The van der Waals surface area contributed by atoms with E-state index in [4.69, 9.17) is 0 Å². The molecule has 0 amide bonds. The van der Waals surface area contributed by atoms with Crippen LogP contribution in [0.5, 0.6) is 0 Å². The van der Waals surface area contributed by atoms with Crippen LogP contribution < -0.4 is 15.1 Å². The molecule has 0 radical (unpaired) electrons. The Morgan fingerprint density at radius 3 is 2.74 bits per heavy atom. The van der Waals surface area contributed by atoms with Crippen LogP contribution in [0.25, 0.3) is 0 Å². The number of benzene rings is 1. The molecular weight excluding hydrogens is 234 g/mol. The van der Waals surface area contributed by atoms with E-state index in [2.05, 4.69) is 67.3 Å². The number of hydrogen-bond acceptors (Lipinski definition) is 3. The summed E-state index contributed by atoms with van der Waals surface area (Å²) in [4.78, 5) is 4.73. The van der Waals surface area contributed by atoms with Gasteiger partial charge in [-0.1, -0.05) is 26.0 Å². The van der Waals surface area contributed by atoms with E-state index in [1.165, 1.54) is 30.9 Å². The monoisotopic (exact) mass is 261 g/mol. The molecule has 3 nitrogen and oxygen atoms in total. The van der Waals surface area contributed by atoms with Crippen molar-refractivity contribution in [2.75, 3.05) is 43.5 Å². The zero-order valence-corrected chi connectivity index (χ0v) is 12.7. The smallest absolute Gasteiger partial charge is 0.0603 e. The maximum Gasteiger partial charge on any atom is 0.0603 e. The summed E-state index contributed by atoms with van der Waals surface area (Å²) in [5.41, 5.74) is 2.69. The molecule has 1 aromatic rings. The van der Waals surface area contributed by atoms with Crippen molar-refractivity contribution in [3.05, 3.63) is 24.3 Å². The molecule has 1 N–H and O–H groups in total. The molecule has 1 aliphatic rings. The largest absolute Gasteiger partial charge is 0.376 e. The van der Waals surface area contributed by atoms with Crippen LogP contribution in [-0.2, 0) is 0 Å². The highest BCUT2D eigenvalue weighted by Gasteiger charge is 2.24. The SMILES string of the molecule is CC(C)NCC1CCN(c2ccccc2N(C)C)C1. The topological polar surface area (TPSA) is 18.5 Å². The lowest BCUT2D eigenvalue weighted by atomic mass is 10.1. The number of anilines is 2. The summed E-state index contributed by atoms with van der Waals surface area (Å²) in [5, 5.41) is 3.56. The van der Waals surface area contributed by atoms with Gasteiger partial charge in [-0.2, -0.15) is 0 Å². The lowest BCUT2D eigenvalue weighted by Crippen LogP contribution is -2.31. The molecule has 3 heteroatoms. The second-order valence-electron chi connectivity index (χ2n) is 6.05. The van der Waals surface area contributed by atoms with E-state index in [0.717, 1.165) is 12.5 Å². The number of para-hydroxylation sites is 2. The standard InChI is InChI=1S/C16H27N3/c1-13(2)17-11-14-9-10-19(12-14)16-8-6-5-7-15(16)18(3)4/h5-8,13-14,17H,9-12H2,1-4H3. The average Bonchev–Trinajstić information content (AvgIpc) is 2.85. The van der Waals surface area contributed by atoms with E-state index in [-0.39, 0.29) is 0 Å². The van der Waals surface area contributed by atoms with Crippen molar-refractivity contribution in [3.63, 3.8) is 0 Å². The van der Waals surface area contributed by atoms with Gasteiger partial charge in [0.05, 0.1) is 11.4 Å². The lowest BCUT2D eigenvalue weighted by molar-refractivity contribution is 0.480. The Bertz CT molecular complexity index is 401. The average molecular weight is 261 g/mol. The van der Waals surface area contributed by atoms with E-state index in [1.54, 1.807) is 0 Å². The van der Waals surface area contributed by atoms with Crippen LogP contribution in [0.1, 0.15) is 20.3 Å². The first-order valence-electron chi connectivity index (χ1n) is 7.32. The fraction of sp³-hybridized carbons (Fsp3) is 0.625. The fourth-order valence-corrected chi connectivity index (χ4v) is 2.73. The molecule has 0 spiro atoms. The number of nitrogens with zero attached hydrogens (tertiary/aromatic N) is 2. The lowest BCUT2D eigenvalue weighted by Gasteiger charge is -2.25. The summed E-state index contributed by atoms with van der Waals surface area (Å²) in [5.74, 6) is 0.776.